The first-order chi connectivity index (χ1) is 5.77. The summed E-state index contributed by atoms with van der Waals surface area (Å²) in [6, 6.07) is 0. The van der Waals surface area contributed by atoms with Gasteiger partial charge in [0.25, 0.3) is 0 Å². The van der Waals surface area contributed by atoms with Gasteiger partial charge in [0.2, 0.25) is 0 Å². The molecule has 0 bridgehead atoms. The minimum Gasteiger partial charge on any atom is -0.379 e. The molecule has 0 rings (SSSR count). The highest BCUT2D eigenvalue weighted by atomic mass is 16.5. The number of hydrogen-bond donors (Lipinski definition) is 0. The van der Waals surface area contributed by atoms with Crippen LogP contribution in [0.15, 0.2) is 0 Å². The first-order valence-corrected chi connectivity index (χ1v) is 4.92. The van der Waals surface area contributed by atoms with Crippen molar-refractivity contribution in [2.75, 3.05) is 26.4 Å². The van der Waals surface area contributed by atoms with E-state index in [9.17, 15) is 0 Å². The van der Waals surface area contributed by atoms with Gasteiger partial charge in [-0.15, -0.1) is 0 Å². The summed E-state index contributed by atoms with van der Waals surface area (Å²) in [5.41, 5.74) is 0. The van der Waals surface area contributed by atoms with Gasteiger partial charge in [-0.1, -0.05) is 20.8 Å². The van der Waals surface area contributed by atoms with Gasteiger partial charge in [-0.05, 0) is 18.8 Å². The van der Waals surface area contributed by atoms with Gasteiger partial charge in [0.1, 0.15) is 0 Å². The van der Waals surface area contributed by atoms with E-state index >= 15 is 0 Å². The predicted molar refractivity (Wildman–Crippen MR) is 51.4 cm³/mol. The Morgan fingerprint density at radius 2 is 1.50 bits per heavy atom. The average molecular weight is 174 g/mol. The van der Waals surface area contributed by atoms with Gasteiger partial charge in [0, 0.05) is 13.2 Å². The number of hydrogen-bond acceptors (Lipinski definition) is 2. The van der Waals surface area contributed by atoms with Crippen LogP contribution >= 0.6 is 0 Å². The quantitative estimate of drug-likeness (QED) is 0.526. The fraction of sp³-hybridized carbons (Fsp3) is 1.00. The maximum atomic E-state index is 5.37. The monoisotopic (exact) mass is 174 g/mol. The second-order valence-electron chi connectivity index (χ2n) is 3.41. The highest BCUT2D eigenvalue weighted by molar-refractivity contribution is 4.42. The van der Waals surface area contributed by atoms with E-state index in [1.807, 2.05) is 0 Å². The molecule has 0 aromatic heterocycles. The Balaban J connectivity index is 2.82. The molecule has 0 aliphatic heterocycles. The Morgan fingerprint density at radius 1 is 0.917 bits per heavy atom. The third-order valence-corrected chi connectivity index (χ3v) is 1.56. The van der Waals surface area contributed by atoms with Gasteiger partial charge in [-0.2, -0.15) is 0 Å². The summed E-state index contributed by atoms with van der Waals surface area (Å²) in [5.74, 6) is 0.738. The van der Waals surface area contributed by atoms with E-state index in [2.05, 4.69) is 20.8 Å². The third-order valence-electron chi connectivity index (χ3n) is 1.56. The van der Waals surface area contributed by atoms with Crippen LogP contribution < -0.4 is 0 Å². The molecule has 0 amide bonds. The van der Waals surface area contributed by atoms with Crippen LogP contribution in [0.1, 0.15) is 33.6 Å². The molecule has 0 aromatic rings. The standard InChI is InChI=1S/C10H22O2/c1-4-6-11-8-9-12-7-5-10(2)3/h10H,4-9H2,1-3H3. The molecule has 0 heterocycles. The summed E-state index contributed by atoms with van der Waals surface area (Å²) in [4.78, 5) is 0. The summed E-state index contributed by atoms with van der Waals surface area (Å²) >= 11 is 0. The molecule has 0 aromatic carbocycles. The predicted octanol–water partition coefficient (Wildman–Crippen LogP) is 2.48. The molecule has 2 heteroatoms. The lowest BCUT2D eigenvalue weighted by Crippen LogP contribution is -2.06. The van der Waals surface area contributed by atoms with Gasteiger partial charge < -0.3 is 9.47 Å². The molecule has 0 aliphatic carbocycles. The molecule has 2 nitrogen and oxygen atoms in total. The molecule has 0 radical (unpaired) electrons. The molecule has 0 N–H and O–H groups in total. The van der Waals surface area contributed by atoms with Crippen LogP contribution in [0.4, 0.5) is 0 Å². The average Bonchev–Trinajstić information content (AvgIpc) is 2.02. The zero-order valence-corrected chi connectivity index (χ0v) is 8.64. The molecule has 0 unspecified atom stereocenters. The molecule has 0 fully saturated rings. The molecule has 0 saturated heterocycles. The van der Waals surface area contributed by atoms with E-state index in [0.29, 0.717) is 0 Å². The Bertz CT molecular complexity index is 81.9. The molecule has 74 valence electrons. The van der Waals surface area contributed by atoms with Gasteiger partial charge in [-0.3, -0.25) is 0 Å². The van der Waals surface area contributed by atoms with Crippen LogP contribution in [0.3, 0.4) is 0 Å². The van der Waals surface area contributed by atoms with Crippen molar-refractivity contribution in [2.45, 2.75) is 33.6 Å². The Hall–Kier alpha value is -0.0800. The van der Waals surface area contributed by atoms with E-state index in [4.69, 9.17) is 9.47 Å². The summed E-state index contributed by atoms with van der Waals surface area (Å²) < 4.78 is 10.6. The fourth-order valence-electron chi connectivity index (χ4n) is 0.785. The molecular formula is C10H22O2. The van der Waals surface area contributed by atoms with Crippen molar-refractivity contribution in [3.05, 3.63) is 0 Å². The van der Waals surface area contributed by atoms with Gasteiger partial charge >= 0.3 is 0 Å². The van der Waals surface area contributed by atoms with Crippen LogP contribution in [0.2, 0.25) is 0 Å². The van der Waals surface area contributed by atoms with Gasteiger partial charge in [-0.25, -0.2) is 0 Å². The minimum absolute atomic E-state index is 0.738. The lowest BCUT2D eigenvalue weighted by molar-refractivity contribution is 0.0442. The van der Waals surface area contributed by atoms with Crippen molar-refractivity contribution in [3.8, 4) is 0 Å². The highest BCUT2D eigenvalue weighted by Crippen LogP contribution is 1.98. The van der Waals surface area contributed by atoms with Crippen LogP contribution in [0, 0.1) is 5.92 Å². The van der Waals surface area contributed by atoms with Crippen molar-refractivity contribution in [1.82, 2.24) is 0 Å². The Labute approximate surface area is 76.3 Å². The highest BCUT2D eigenvalue weighted by Gasteiger charge is 1.93. The third kappa shape index (κ3) is 9.92. The van der Waals surface area contributed by atoms with Crippen molar-refractivity contribution >= 4 is 0 Å². The maximum Gasteiger partial charge on any atom is 0.0700 e. The van der Waals surface area contributed by atoms with Crippen molar-refractivity contribution < 1.29 is 9.47 Å². The summed E-state index contributed by atoms with van der Waals surface area (Å²) in [5, 5.41) is 0. The molecule has 12 heavy (non-hydrogen) atoms. The van der Waals surface area contributed by atoms with E-state index in [1.165, 1.54) is 0 Å². The maximum absolute atomic E-state index is 5.37. The van der Waals surface area contributed by atoms with Crippen LogP contribution in [-0.2, 0) is 9.47 Å². The normalized spacial score (nSPS) is 11.0. The summed E-state index contributed by atoms with van der Waals surface area (Å²) in [6.07, 6.45) is 2.24. The van der Waals surface area contributed by atoms with Crippen molar-refractivity contribution in [2.24, 2.45) is 5.92 Å². The van der Waals surface area contributed by atoms with Crippen molar-refractivity contribution in [1.29, 1.82) is 0 Å². The molecule has 0 atom stereocenters. The minimum atomic E-state index is 0.738. The van der Waals surface area contributed by atoms with E-state index < -0.39 is 0 Å². The lowest BCUT2D eigenvalue weighted by atomic mass is 10.1. The molecule has 0 spiro atoms. The summed E-state index contributed by atoms with van der Waals surface area (Å²) in [6.45, 7) is 9.73. The van der Waals surface area contributed by atoms with Gasteiger partial charge in [0.05, 0.1) is 13.2 Å². The number of ether oxygens (including phenoxy) is 2. The molecule has 0 saturated carbocycles. The Morgan fingerprint density at radius 3 is 2.00 bits per heavy atom. The number of rotatable bonds is 8. The smallest absolute Gasteiger partial charge is 0.0700 e. The van der Waals surface area contributed by atoms with E-state index in [1.54, 1.807) is 0 Å². The second kappa shape index (κ2) is 9.01. The first kappa shape index (κ1) is 11.9. The SMILES string of the molecule is CCCOCCOCCC(C)C. The fourth-order valence-corrected chi connectivity index (χ4v) is 0.785. The molecular weight excluding hydrogens is 152 g/mol. The largest absolute Gasteiger partial charge is 0.379 e. The van der Waals surface area contributed by atoms with Crippen molar-refractivity contribution in [3.63, 3.8) is 0 Å². The zero-order valence-electron chi connectivity index (χ0n) is 8.64. The van der Waals surface area contributed by atoms with E-state index in [0.717, 1.165) is 45.2 Å². The lowest BCUT2D eigenvalue weighted by Gasteiger charge is -2.06. The van der Waals surface area contributed by atoms with Gasteiger partial charge in [0.15, 0.2) is 0 Å². The zero-order chi connectivity index (χ0) is 9.23. The first-order valence-electron chi connectivity index (χ1n) is 4.92. The van der Waals surface area contributed by atoms with E-state index in [-0.39, 0.29) is 0 Å². The summed E-state index contributed by atoms with van der Waals surface area (Å²) in [7, 11) is 0. The Kier molecular flexibility index (Phi) is 8.95. The second-order valence-corrected chi connectivity index (χ2v) is 3.41. The van der Waals surface area contributed by atoms with Crippen LogP contribution in [0.25, 0.3) is 0 Å². The molecule has 0 aliphatic rings. The van der Waals surface area contributed by atoms with Crippen LogP contribution in [0.5, 0.6) is 0 Å². The van der Waals surface area contributed by atoms with Crippen LogP contribution in [-0.4, -0.2) is 26.4 Å². The topological polar surface area (TPSA) is 18.5 Å².